The van der Waals surface area contributed by atoms with Crippen LogP contribution in [0.3, 0.4) is 0 Å². The number of ketones is 2. The van der Waals surface area contributed by atoms with Gasteiger partial charge in [0.2, 0.25) is 11.8 Å². The predicted molar refractivity (Wildman–Crippen MR) is 153 cm³/mol. The summed E-state index contributed by atoms with van der Waals surface area (Å²) in [4.78, 5) is 63.2. The van der Waals surface area contributed by atoms with Crippen LogP contribution in [0.2, 0.25) is 0 Å². The molecule has 1 saturated carbocycles. The van der Waals surface area contributed by atoms with E-state index in [-0.39, 0.29) is 53.6 Å². The van der Waals surface area contributed by atoms with Crippen molar-refractivity contribution in [2.75, 3.05) is 13.2 Å². The van der Waals surface area contributed by atoms with Crippen molar-refractivity contribution in [3.05, 3.63) is 41.5 Å². The Morgan fingerprint density at radius 2 is 1.98 bits per heavy atom. The van der Waals surface area contributed by atoms with E-state index in [1.54, 1.807) is 22.0 Å². The lowest BCUT2D eigenvalue weighted by molar-refractivity contribution is -0.139. The van der Waals surface area contributed by atoms with Crippen LogP contribution in [0.25, 0.3) is 22.2 Å². The van der Waals surface area contributed by atoms with E-state index in [0.717, 1.165) is 24.1 Å². The average molecular weight is 573 g/mol. The number of aromatic nitrogens is 4. The summed E-state index contributed by atoms with van der Waals surface area (Å²) in [5.41, 5.74) is 3.47. The van der Waals surface area contributed by atoms with E-state index in [9.17, 15) is 19.2 Å². The van der Waals surface area contributed by atoms with Crippen LogP contribution in [0.5, 0.6) is 0 Å². The van der Waals surface area contributed by atoms with Gasteiger partial charge in [-0.05, 0) is 50.3 Å². The lowest BCUT2D eigenvalue weighted by Crippen LogP contribution is -2.44. The number of aryl methyl sites for hydroxylation is 1. The van der Waals surface area contributed by atoms with Gasteiger partial charge in [-0.3, -0.25) is 33.8 Å². The second-order valence-corrected chi connectivity index (χ2v) is 11.8. The van der Waals surface area contributed by atoms with Gasteiger partial charge in [0.1, 0.15) is 12.2 Å². The Bertz CT molecular complexity index is 1580. The molecule has 3 atom stereocenters. The Hall–Kier alpha value is -3.99. The molecular formula is C31H36N6O5. The number of carbonyl (C=O) groups is 4. The van der Waals surface area contributed by atoms with Crippen molar-refractivity contribution in [1.82, 2.24) is 30.0 Å². The number of carbonyl (C=O) groups excluding carboxylic acids is 4. The highest BCUT2D eigenvalue weighted by Gasteiger charge is 2.66. The highest BCUT2D eigenvalue weighted by Crippen LogP contribution is 2.60. The second-order valence-electron chi connectivity index (χ2n) is 11.8. The summed E-state index contributed by atoms with van der Waals surface area (Å²) in [6.07, 6.45) is 6.89. The molecule has 2 fully saturated rings. The molecule has 11 heteroatoms. The van der Waals surface area contributed by atoms with Crippen LogP contribution in [-0.4, -0.2) is 73.3 Å². The molecule has 2 aromatic heterocycles. The molecular weight excluding hydrogens is 536 g/mol. The summed E-state index contributed by atoms with van der Waals surface area (Å²) in [6.45, 7) is 6.21. The third kappa shape index (κ3) is 5.10. The molecule has 42 heavy (non-hydrogen) atoms. The maximum absolute atomic E-state index is 14.0. The number of benzene rings is 1. The van der Waals surface area contributed by atoms with Crippen LogP contribution in [0.4, 0.5) is 0 Å². The molecule has 3 aromatic rings. The lowest BCUT2D eigenvalue weighted by Gasteiger charge is -2.26. The summed E-state index contributed by atoms with van der Waals surface area (Å²) in [7, 11) is 0. The van der Waals surface area contributed by atoms with E-state index < -0.39 is 6.04 Å². The standard InChI is InChI=1S/C31H36N6O5/c1-4-25(39)24-11-31-12-26(31)37(24)28(41)16-36-30-21(14-34-27(40)7-5-6-8-42-17-31)9-20(23-15-32-18(2)13-33-23)10-22(30)29(35-36)19(3)38/h9-10,13,15,24,26H,4-8,11-12,14,16-17H2,1-3H3,(H,34,40)/t24-,26+,31-/m0/s1. The Kier molecular flexibility index (Phi) is 7.38. The summed E-state index contributed by atoms with van der Waals surface area (Å²) < 4.78 is 7.57. The predicted octanol–water partition coefficient (Wildman–Crippen LogP) is 3.16. The number of piperidine rings is 1. The fourth-order valence-electron chi connectivity index (χ4n) is 6.57. The van der Waals surface area contributed by atoms with Crippen molar-refractivity contribution in [1.29, 1.82) is 0 Å². The fourth-order valence-corrected chi connectivity index (χ4v) is 6.57. The molecule has 1 N–H and O–H groups in total. The first-order valence-electron chi connectivity index (χ1n) is 14.7. The molecule has 2 amide bonds. The highest BCUT2D eigenvalue weighted by molar-refractivity contribution is 6.07. The van der Waals surface area contributed by atoms with Gasteiger partial charge in [0, 0.05) is 61.5 Å². The van der Waals surface area contributed by atoms with Gasteiger partial charge in [0.25, 0.3) is 0 Å². The molecule has 1 aliphatic carbocycles. The number of hydrogen-bond donors (Lipinski definition) is 1. The maximum atomic E-state index is 14.0. The first kappa shape index (κ1) is 28.1. The molecule has 6 rings (SSSR count). The van der Waals surface area contributed by atoms with Crippen molar-refractivity contribution in [3.63, 3.8) is 0 Å². The van der Waals surface area contributed by atoms with Gasteiger partial charge < -0.3 is 15.0 Å². The monoisotopic (exact) mass is 572 g/mol. The van der Waals surface area contributed by atoms with Crippen LogP contribution in [0, 0.1) is 12.3 Å². The number of Topliss-reactive ketones (excluding diaryl/α,β-unsaturated/α-hetero) is 2. The molecule has 220 valence electrons. The molecule has 11 nitrogen and oxygen atoms in total. The number of ether oxygens (including phenoxy) is 1. The lowest BCUT2D eigenvalue weighted by atomic mass is 9.97. The molecule has 0 radical (unpaired) electrons. The third-order valence-electron chi connectivity index (χ3n) is 8.85. The van der Waals surface area contributed by atoms with E-state index >= 15 is 0 Å². The summed E-state index contributed by atoms with van der Waals surface area (Å²) in [6, 6.07) is 3.21. The Morgan fingerprint density at radius 1 is 1.14 bits per heavy atom. The fraction of sp³-hybridized carbons (Fsp3) is 0.516. The molecule has 2 aliphatic heterocycles. The highest BCUT2D eigenvalue weighted by atomic mass is 16.5. The first-order chi connectivity index (χ1) is 20.2. The van der Waals surface area contributed by atoms with Crippen molar-refractivity contribution in [2.24, 2.45) is 5.41 Å². The normalized spacial score (nSPS) is 24.7. The van der Waals surface area contributed by atoms with Gasteiger partial charge in [0.05, 0.1) is 35.8 Å². The maximum Gasteiger partial charge on any atom is 0.245 e. The molecule has 4 heterocycles. The van der Waals surface area contributed by atoms with E-state index in [2.05, 4.69) is 20.4 Å². The summed E-state index contributed by atoms with van der Waals surface area (Å²) >= 11 is 0. The molecule has 0 unspecified atom stereocenters. The number of amides is 2. The largest absolute Gasteiger partial charge is 0.381 e. The molecule has 0 spiro atoms. The van der Waals surface area contributed by atoms with Crippen molar-refractivity contribution in [2.45, 2.75) is 84.5 Å². The summed E-state index contributed by atoms with van der Waals surface area (Å²) in [5.74, 6) is -0.493. The minimum absolute atomic E-state index is 0.0475. The SMILES string of the molecule is CCC(=O)[C@@H]1C[C@]23COCCCCC(=O)NCc4cc(-c5cnc(C)cn5)cc5c(C(C)=O)nn(c45)CC(=O)N1[C@@H]2C3. The second kappa shape index (κ2) is 11.0. The molecule has 1 aromatic carbocycles. The number of rotatable bonds is 4. The van der Waals surface area contributed by atoms with E-state index in [4.69, 9.17) is 4.74 Å². The molecule has 3 aliphatic rings. The quantitative estimate of drug-likeness (QED) is 0.471. The number of nitrogens with one attached hydrogen (secondary N) is 1. The van der Waals surface area contributed by atoms with Crippen LogP contribution in [0.1, 0.15) is 74.1 Å². The van der Waals surface area contributed by atoms with Gasteiger partial charge in [0.15, 0.2) is 11.6 Å². The zero-order valence-electron chi connectivity index (χ0n) is 24.3. The Balaban J connectivity index is 1.46. The smallest absolute Gasteiger partial charge is 0.245 e. The zero-order valence-corrected chi connectivity index (χ0v) is 24.3. The van der Waals surface area contributed by atoms with Crippen molar-refractivity contribution in [3.8, 4) is 11.3 Å². The van der Waals surface area contributed by atoms with E-state index in [1.807, 2.05) is 26.0 Å². The first-order valence-corrected chi connectivity index (χ1v) is 14.7. The van der Waals surface area contributed by atoms with Crippen molar-refractivity contribution >= 4 is 34.3 Å². The molecule has 2 bridgehead atoms. The van der Waals surface area contributed by atoms with Gasteiger partial charge in [-0.1, -0.05) is 6.92 Å². The third-order valence-corrected chi connectivity index (χ3v) is 8.85. The minimum atomic E-state index is -0.483. The van der Waals surface area contributed by atoms with Gasteiger partial charge >= 0.3 is 0 Å². The Labute approximate surface area is 244 Å². The van der Waals surface area contributed by atoms with Gasteiger partial charge in [-0.25, -0.2) is 0 Å². The van der Waals surface area contributed by atoms with Crippen LogP contribution >= 0.6 is 0 Å². The van der Waals surface area contributed by atoms with Gasteiger partial charge in [-0.2, -0.15) is 5.10 Å². The van der Waals surface area contributed by atoms with Crippen LogP contribution < -0.4 is 5.32 Å². The van der Waals surface area contributed by atoms with Crippen LogP contribution in [-0.2, 0) is 32.2 Å². The van der Waals surface area contributed by atoms with Crippen molar-refractivity contribution < 1.29 is 23.9 Å². The number of nitrogens with zero attached hydrogens (tertiary/aromatic N) is 5. The van der Waals surface area contributed by atoms with E-state index in [1.165, 1.54) is 6.92 Å². The van der Waals surface area contributed by atoms with E-state index in [0.29, 0.717) is 61.1 Å². The minimum Gasteiger partial charge on any atom is -0.381 e. The molecule has 1 saturated heterocycles. The van der Waals surface area contributed by atoms with Gasteiger partial charge in [-0.15, -0.1) is 0 Å². The average Bonchev–Trinajstić information content (AvgIpc) is 3.38. The zero-order chi connectivity index (χ0) is 29.6. The van der Waals surface area contributed by atoms with Crippen LogP contribution in [0.15, 0.2) is 24.5 Å². The summed E-state index contributed by atoms with van der Waals surface area (Å²) in [5, 5.41) is 8.21. The topological polar surface area (TPSA) is 136 Å². The Morgan fingerprint density at radius 3 is 2.71 bits per heavy atom. The number of hydrogen-bond acceptors (Lipinski definition) is 8.